The number of non-ortho nitro benzene ring substituents is 1. The minimum atomic E-state index is -0.576. The number of nitriles is 1. The number of benzene rings is 2. The van der Waals surface area contributed by atoms with E-state index in [1.165, 1.54) is 18.2 Å². The van der Waals surface area contributed by atoms with Crippen LogP contribution in [-0.2, 0) is 4.79 Å². The van der Waals surface area contributed by atoms with Gasteiger partial charge < -0.3 is 10.2 Å². The van der Waals surface area contributed by atoms with Crippen LogP contribution in [0.3, 0.4) is 0 Å². The normalized spacial score (nSPS) is 10.8. The second-order valence-corrected chi connectivity index (χ2v) is 5.88. The van der Waals surface area contributed by atoms with E-state index in [9.17, 15) is 20.2 Å². The topological polar surface area (TPSA) is 99.3 Å². The van der Waals surface area contributed by atoms with Crippen LogP contribution in [-0.4, -0.2) is 24.9 Å². The molecule has 2 aromatic rings. The summed E-state index contributed by atoms with van der Waals surface area (Å²) in [7, 11) is 3.55. The second kappa shape index (κ2) is 7.94. The predicted molar refractivity (Wildman–Crippen MR) is 101 cm³/mol. The molecule has 0 bridgehead atoms. The number of anilines is 2. The van der Waals surface area contributed by atoms with Crippen LogP contribution in [0.4, 0.5) is 17.1 Å². The summed E-state index contributed by atoms with van der Waals surface area (Å²) in [5.74, 6) is -0.576. The third-order valence-corrected chi connectivity index (χ3v) is 3.68. The third kappa shape index (κ3) is 4.45. The molecule has 0 saturated carbocycles. The molecule has 7 heteroatoms. The molecule has 0 fully saturated rings. The molecule has 0 atom stereocenters. The summed E-state index contributed by atoms with van der Waals surface area (Å²) in [4.78, 5) is 24.6. The molecule has 0 heterocycles. The SMILES string of the molecule is Cc1ccc(NC(=O)/C(C#N)=C/c2cc([N+](=O)[O-])ccc2N(C)C)cc1. The van der Waals surface area contributed by atoms with Crippen LogP contribution in [0, 0.1) is 28.4 Å². The van der Waals surface area contributed by atoms with Crippen molar-refractivity contribution in [3.05, 3.63) is 69.3 Å². The van der Waals surface area contributed by atoms with Gasteiger partial charge in [0.15, 0.2) is 0 Å². The number of nitrogens with one attached hydrogen (secondary N) is 1. The Hall–Kier alpha value is -3.66. The smallest absolute Gasteiger partial charge is 0.270 e. The van der Waals surface area contributed by atoms with Crippen molar-refractivity contribution >= 4 is 29.0 Å². The first-order chi connectivity index (χ1) is 12.3. The van der Waals surface area contributed by atoms with Gasteiger partial charge in [0.1, 0.15) is 11.6 Å². The Morgan fingerprint density at radius 2 is 1.88 bits per heavy atom. The molecule has 0 aromatic heterocycles. The lowest BCUT2D eigenvalue weighted by Gasteiger charge is -2.15. The zero-order valence-electron chi connectivity index (χ0n) is 14.7. The summed E-state index contributed by atoms with van der Waals surface area (Å²) >= 11 is 0. The van der Waals surface area contributed by atoms with E-state index in [0.717, 1.165) is 5.56 Å². The van der Waals surface area contributed by atoms with Gasteiger partial charge in [-0.1, -0.05) is 17.7 Å². The average Bonchev–Trinajstić information content (AvgIpc) is 2.61. The molecule has 1 amide bonds. The Kier molecular flexibility index (Phi) is 5.71. The summed E-state index contributed by atoms with van der Waals surface area (Å²) in [5.41, 5.74) is 2.43. The van der Waals surface area contributed by atoms with Crippen molar-refractivity contribution in [3.8, 4) is 6.07 Å². The van der Waals surface area contributed by atoms with E-state index in [1.54, 1.807) is 37.2 Å². The number of nitrogens with zero attached hydrogens (tertiary/aromatic N) is 3. The largest absolute Gasteiger partial charge is 0.377 e. The Morgan fingerprint density at radius 3 is 2.42 bits per heavy atom. The standard InChI is InChI=1S/C19H18N4O3/c1-13-4-6-16(7-5-13)21-19(24)15(12-20)10-14-11-17(23(25)26)8-9-18(14)22(2)3/h4-11H,1-3H3,(H,21,24)/b15-10+. The van der Waals surface area contributed by atoms with Crippen LogP contribution in [0.1, 0.15) is 11.1 Å². The van der Waals surface area contributed by atoms with Gasteiger partial charge >= 0.3 is 0 Å². The molecule has 0 aliphatic carbocycles. The van der Waals surface area contributed by atoms with Crippen LogP contribution in [0.5, 0.6) is 0 Å². The van der Waals surface area contributed by atoms with Crippen LogP contribution in [0.25, 0.3) is 6.08 Å². The summed E-state index contributed by atoms with van der Waals surface area (Å²) in [6, 6.07) is 13.3. The first-order valence-electron chi connectivity index (χ1n) is 7.77. The van der Waals surface area contributed by atoms with E-state index in [4.69, 9.17) is 0 Å². The summed E-state index contributed by atoms with van der Waals surface area (Å²) in [6.07, 6.45) is 1.35. The molecule has 7 nitrogen and oxygen atoms in total. The molecule has 0 aliphatic heterocycles. The van der Waals surface area contributed by atoms with Gasteiger partial charge in [-0.2, -0.15) is 5.26 Å². The lowest BCUT2D eigenvalue weighted by molar-refractivity contribution is -0.384. The maximum absolute atomic E-state index is 12.4. The van der Waals surface area contributed by atoms with E-state index >= 15 is 0 Å². The van der Waals surface area contributed by atoms with Gasteiger partial charge in [-0.3, -0.25) is 14.9 Å². The summed E-state index contributed by atoms with van der Waals surface area (Å²) in [5, 5.41) is 23.0. The molecule has 132 valence electrons. The zero-order valence-corrected chi connectivity index (χ0v) is 14.7. The number of carbonyl (C=O) groups is 1. The van der Waals surface area contributed by atoms with E-state index in [2.05, 4.69) is 5.32 Å². The highest BCUT2D eigenvalue weighted by molar-refractivity contribution is 6.10. The van der Waals surface area contributed by atoms with Crippen LogP contribution in [0.2, 0.25) is 0 Å². The van der Waals surface area contributed by atoms with Crippen LogP contribution < -0.4 is 10.2 Å². The molecule has 1 N–H and O–H groups in total. The Balaban J connectivity index is 2.39. The minimum Gasteiger partial charge on any atom is -0.377 e. The molecule has 0 radical (unpaired) electrons. The lowest BCUT2D eigenvalue weighted by atomic mass is 10.1. The number of hydrogen-bond acceptors (Lipinski definition) is 5. The summed E-state index contributed by atoms with van der Waals surface area (Å²) < 4.78 is 0. The molecule has 0 saturated heterocycles. The van der Waals surface area contributed by atoms with Crippen LogP contribution >= 0.6 is 0 Å². The fourth-order valence-corrected chi connectivity index (χ4v) is 2.32. The van der Waals surface area contributed by atoms with E-state index in [0.29, 0.717) is 16.9 Å². The van der Waals surface area contributed by atoms with Crippen molar-refractivity contribution in [2.75, 3.05) is 24.3 Å². The molecule has 0 unspecified atom stereocenters. The van der Waals surface area contributed by atoms with Gasteiger partial charge in [-0.25, -0.2) is 0 Å². The number of hydrogen-bond donors (Lipinski definition) is 1. The van der Waals surface area contributed by atoms with Gasteiger partial charge in [0.25, 0.3) is 11.6 Å². The monoisotopic (exact) mass is 350 g/mol. The lowest BCUT2D eigenvalue weighted by Crippen LogP contribution is -2.14. The van der Waals surface area contributed by atoms with Crippen molar-refractivity contribution in [1.82, 2.24) is 0 Å². The van der Waals surface area contributed by atoms with Crippen molar-refractivity contribution in [3.63, 3.8) is 0 Å². The Bertz CT molecular complexity index is 909. The number of nitro groups is 1. The number of rotatable bonds is 5. The fraction of sp³-hybridized carbons (Fsp3) is 0.158. The number of nitro benzene ring substituents is 1. The average molecular weight is 350 g/mol. The van der Waals surface area contributed by atoms with Gasteiger partial charge in [-0.05, 0) is 31.2 Å². The highest BCUT2D eigenvalue weighted by Gasteiger charge is 2.15. The Labute approximate surface area is 151 Å². The van der Waals surface area contributed by atoms with E-state index in [-0.39, 0.29) is 11.3 Å². The van der Waals surface area contributed by atoms with Gasteiger partial charge in [0.2, 0.25) is 0 Å². The Morgan fingerprint density at radius 1 is 1.23 bits per heavy atom. The summed E-state index contributed by atoms with van der Waals surface area (Å²) in [6.45, 7) is 1.93. The van der Waals surface area contributed by atoms with Gasteiger partial charge in [0, 0.05) is 43.2 Å². The van der Waals surface area contributed by atoms with E-state index < -0.39 is 10.8 Å². The first kappa shape index (κ1) is 18.7. The molecule has 0 aliphatic rings. The molecule has 2 rings (SSSR count). The van der Waals surface area contributed by atoms with Gasteiger partial charge in [0.05, 0.1) is 4.92 Å². The number of aryl methyl sites for hydroxylation is 1. The third-order valence-electron chi connectivity index (χ3n) is 3.68. The quantitative estimate of drug-likeness (QED) is 0.385. The highest BCUT2D eigenvalue weighted by atomic mass is 16.6. The first-order valence-corrected chi connectivity index (χ1v) is 7.77. The van der Waals surface area contributed by atoms with Crippen molar-refractivity contribution in [2.24, 2.45) is 0 Å². The maximum atomic E-state index is 12.4. The predicted octanol–water partition coefficient (Wildman–Crippen LogP) is 3.51. The molecule has 0 spiro atoms. The van der Waals surface area contributed by atoms with Gasteiger partial charge in [-0.15, -0.1) is 0 Å². The van der Waals surface area contributed by atoms with E-state index in [1.807, 2.05) is 25.1 Å². The molecule has 26 heavy (non-hydrogen) atoms. The maximum Gasteiger partial charge on any atom is 0.270 e. The molecule has 2 aromatic carbocycles. The fourth-order valence-electron chi connectivity index (χ4n) is 2.32. The highest BCUT2D eigenvalue weighted by Crippen LogP contribution is 2.26. The van der Waals surface area contributed by atoms with Crippen molar-refractivity contribution < 1.29 is 9.72 Å². The van der Waals surface area contributed by atoms with Crippen molar-refractivity contribution in [1.29, 1.82) is 5.26 Å². The molecular formula is C19H18N4O3. The zero-order chi connectivity index (χ0) is 19.3. The second-order valence-electron chi connectivity index (χ2n) is 5.88. The number of amides is 1. The minimum absolute atomic E-state index is 0.113. The molecular weight excluding hydrogens is 332 g/mol. The van der Waals surface area contributed by atoms with Crippen molar-refractivity contribution in [2.45, 2.75) is 6.92 Å². The van der Waals surface area contributed by atoms with Crippen LogP contribution in [0.15, 0.2) is 48.0 Å². The number of carbonyl (C=O) groups excluding carboxylic acids is 1.